The Bertz CT molecular complexity index is 592. The molecule has 0 aromatic heterocycles. The standard InChI is InChI=1S/C16H19FN2O2/c1-12-11-18(2)7-8-19(12)16(21)14-6-5-13(4-3-9-20)15(17)10-14/h5-6,10,12,20H,7-9,11H2,1-2H3. The van der Waals surface area contributed by atoms with Crippen molar-refractivity contribution in [2.75, 3.05) is 33.3 Å². The van der Waals surface area contributed by atoms with Gasteiger partial charge in [-0.15, -0.1) is 0 Å². The summed E-state index contributed by atoms with van der Waals surface area (Å²) in [6.45, 7) is 3.95. The molecule has 0 saturated carbocycles. The third-order valence-electron chi connectivity index (χ3n) is 3.61. The molecule has 112 valence electrons. The first-order valence-corrected chi connectivity index (χ1v) is 6.91. The summed E-state index contributed by atoms with van der Waals surface area (Å²) >= 11 is 0. The molecule has 4 nitrogen and oxygen atoms in total. The van der Waals surface area contributed by atoms with E-state index in [0.717, 1.165) is 13.1 Å². The van der Waals surface area contributed by atoms with Crippen molar-refractivity contribution >= 4 is 5.91 Å². The van der Waals surface area contributed by atoms with Crippen LogP contribution in [0.1, 0.15) is 22.8 Å². The molecular formula is C16H19FN2O2. The van der Waals surface area contributed by atoms with Crippen LogP contribution in [-0.4, -0.2) is 60.1 Å². The lowest BCUT2D eigenvalue weighted by atomic mass is 10.1. The molecule has 0 aliphatic carbocycles. The first kappa shape index (κ1) is 15.5. The van der Waals surface area contributed by atoms with E-state index >= 15 is 0 Å². The van der Waals surface area contributed by atoms with Crippen molar-refractivity contribution in [3.8, 4) is 11.8 Å². The summed E-state index contributed by atoms with van der Waals surface area (Å²) in [6.07, 6.45) is 0. The van der Waals surface area contributed by atoms with Crippen LogP contribution in [0.15, 0.2) is 18.2 Å². The van der Waals surface area contributed by atoms with Gasteiger partial charge < -0.3 is 14.9 Å². The lowest BCUT2D eigenvalue weighted by molar-refractivity contribution is 0.0533. The Kier molecular flexibility index (Phi) is 4.94. The smallest absolute Gasteiger partial charge is 0.254 e. The minimum absolute atomic E-state index is 0.105. The molecule has 0 spiro atoms. The Morgan fingerprint density at radius 1 is 1.48 bits per heavy atom. The van der Waals surface area contributed by atoms with Crippen molar-refractivity contribution in [3.05, 3.63) is 35.1 Å². The maximum atomic E-state index is 13.9. The number of halogens is 1. The lowest BCUT2D eigenvalue weighted by Crippen LogP contribution is -2.52. The van der Waals surface area contributed by atoms with E-state index in [4.69, 9.17) is 5.11 Å². The predicted octanol–water partition coefficient (Wildman–Crippen LogP) is 0.946. The van der Waals surface area contributed by atoms with E-state index in [-0.39, 0.29) is 24.1 Å². The van der Waals surface area contributed by atoms with E-state index in [1.165, 1.54) is 12.1 Å². The van der Waals surface area contributed by atoms with Crippen LogP contribution in [0.2, 0.25) is 0 Å². The van der Waals surface area contributed by atoms with E-state index < -0.39 is 5.82 Å². The van der Waals surface area contributed by atoms with E-state index in [1.807, 2.05) is 14.0 Å². The number of aliphatic hydroxyl groups excluding tert-OH is 1. The molecule has 1 aromatic rings. The topological polar surface area (TPSA) is 43.8 Å². The van der Waals surface area contributed by atoms with Crippen molar-refractivity contribution < 1.29 is 14.3 Å². The monoisotopic (exact) mass is 290 g/mol. The highest BCUT2D eigenvalue weighted by molar-refractivity contribution is 5.94. The average molecular weight is 290 g/mol. The van der Waals surface area contributed by atoms with E-state index in [1.54, 1.807) is 11.0 Å². The number of piperazine rings is 1. The zero-order valence-corrected chi connectivity index (χ0v) is 12.3. The van der Waals surface area contributed by atoms with Crippen LogP contribution < -0.4 is 0 Å². The maximum Gasteiger partial charge on any atom is 0.254 e. The van der Waals surface area contributed by atoms with Gasteiger partial charge in [0, 0.05) is 31.2 Å². The molecule has 21 heavy (non-hydrogen) atoms. The van der Waals surface area contributed by atoms with E-state index in [2.05, 4.69) is 16.7 Å². The Labute approximate surface area is 124 Å². The number of likely N-dealkylation sites (N-methyl/N-ethyl adjacent to an activating group) is 1. The van der Waals surface area contributed by atoms with Gasteiger partial charge in [0.15, 0.2) is 0 Å². The fourth-order valence-electron chi connectivity index (χ4n) is 2.49. The summed E-state index contributed by atoms with van der Waals surface area (Å²) < 4.78 is 13.9. The van der Waals surface area contributed by atoms with E-state index in [0.29, 0.717) is 12.1 Å². The fraction of sp³-hybridized carbons (Fsp3) is 0.438. The minimum atomic E-state index is -0.538. The Morgan fingerprint density at radius 3 is 2.86 bits per heavy atom. The fourth-order valence-corrected chi connectivity index (χ4v) is 2.49. The molecule has 1 aliphatic rings. The quantitative estimate of drug-likeness (QED) is 0.783. The first-order chi connectivity index (χ1) is 10.0. The Balaban J connectivity index is 2.18. The van der Waals surface area contributed by atoms with Crippen LogP contribution in [0.4, 0.5) is 4.39 Å². The molecule has 1 saturated heterocycles. The van der Waals surface area contributed by atoms with Crippen molar-refractivity contribution in [3.63, 3.8) is 0 Å². The summed E-state index contributed by atoms with van der Waals surface area (Å²) in [6, 6.07) is 4.38. The average Bonchev–Trinajstić information content (AvgIpc) is 2.45. The molecule has 1 heterocycles. The molecule has 1 N–H and O–H groups in total. The molecule has 1 fully saturated rings. The molecule has 1 amide bonds. The van der Waals surface area contributed by atoms with Gasteiger partial charge in [-0.2, -0.15) is 0 Å². The van der Waals surface area contributed by atoms with Crippen LogP contribution in [0.3, 0.4) is 0 Å². The van der Waals surface area contributed by atoms with Crippen LogP contribution in [0.25, 0.3) is 0 Å². The van der Waals surface area contributed by atoms with Gasteiger partial charge >= 0.3 is 0 Å². The van der Waals surface area contributed by atoms with Gasteiger partial charge in [0.25, 0.3) is 5.91 Å². The van der Waals surface area contributed by atoms with Gasteiger partial charge in [-0.25, -0.2) is 4.39 Å². The molecular weight excluding hydrogens is 271 g/mol. The van der Waals surface area contributed by atoms with Crippen molar-refractivity contribution in [1.82, 2.24) is 9.80 Å². The third-order valence-corrected chi connectivity index (χ3v) is 3.61. The number of nitrogens with zero attached hydrogens (tertiary/aromatic N) is 2. The second-order valence-electron chi connectivity index (χ2n) is 5.26. The van der Waals surface area contributed by atoms with Gasteiger partial charge in [-0.3, -0.25) is 4.79 Å². The molecule has 1 aliphatic heterocycles. The van der Waals surface area contributed by atoms with E-state index in [9.17, 15) is 9.18 Å². The molecule has 2 rings (SSSR count). The van der Waals surface area contributed by atoms with Gasteiger partial charge in [0.2, 0.25) is 0 Å². The minimum Gasteiger partial charge on any atom is -0.384 e. The second kappa shape index (κ2) is 6.70. The summed E-state index contributed by atoms with van der Waals surface area (Å²) in [7, 11) is 2.02. The summed E-state index contributed by atoms with van der Waals surface area (Å²) in [5.41, 5.74) is 0.519. The first-order valence-electron chi connectivity index (χ1n) is 6.91. The number of rotatable bonds is 1. The van der Waals surface area contributed by atoms with Crippen molar-refractivity contribution in [2.45, 2.75) is 13.0 Å². The number of benzene rings is 1. The van der Waals surface area contributed by atoms with Crippen molar-refractivity contribution in [2.24, 2.45) is 0 Å². The highest BCUT2D eigenvalue weighted by Crippen LogP contribution is 2.16. The molecule has 1 atom stereocenters. The molecule has 1 unspecified atom stereocenters. The molecule has 0 bridgehead atoms. The number of amides is 1. The Morgan fingerprint density at radius 2 is 2.24 bits per heavy atom. The van der Waals surface area contributed by atoms with Gasteiger partial charge in [0.1, 0.15) is 12.4 Å². The largest absolute Gasteiger partial charge is 0.384 e. The second-order valence-corrected chi connectivity index (χ2v) is 5.26. The van der Waals surface area contributed by atoms with Crippen LogP contribution in [-0.2, 0) is 0 Å². The predicted molar refractivity (Wildman–Crippen MR) is 78.4 cm³/mol. The molecule has 1 aromatic carbocycles. The Hall–Kier alpha value is -1.90. The van der Waals surface area contributed by atoms with Gasteiger partial charge in [-0.05, 0) is 32.2 Å². The SMILES string of the molecule is CC1CN(C)CCN1C(=O)c1ccc(C#CCO)c(F)c1. The zero-order chi connectivity index (χ0) is 15.4. The zero-order valence-electron chi connectivity index (χ0n) is 12.3. The number of aliphatic hydroxyl groups is 1. The third kappa shape index (κ3) is 3.60. The highest BCUT2D eigenvalue weighted by atomic mass is 19.1. The lowest BCUT2D eigenvalue weighted by Gasteiger charge is -2.38. The van der Waals surface area contributed by atoms with Gasteiger partial charge in [0.05, 0.1) is 5.56 Å². The van der Waals surface area contributed by atoms with Crippen LogP contribution in [0, 0.1) is 17.7 Å². The number of hydrogen-bond donors (Lipinski definition) is 1. The summed E-state index contributed by atoms with van der Waals surface area (Å²) in [5.74, 6) is 4.22. The number of hydrogen-bond acceptors (Lipinski definition) is 3. The summed E-state index contributed by atoms with van der Waals surface area (Å²) in [4.78, 5) is 16.4. The van der Waals surface area contributed by atoms with Crippen LogP contribution in [0.5, 0.6) is 0 Å². The normalized spacial score (nSPS) is 19.0. The van der Waals surface area contributed by atoms with Gasteiger partial charge in [-0.1, -0.05) is 11.8 Å². The molecule has 0 radical (unpaired) electrons. The number of carbonyl (C=O) groups excluding carboxylic acids is 1. The highest BCUT2D eigenvalue weighted by Gasteiger charge is 2.26. The number of carbonyl (C=O) groups is 1. The maximum absolute atomic E-state index is 13.9. The molecule has 5 heteroatoms. The van der Waals surface area contributed by atoms with Crippen molar-refractivity contribution in [1.29, 1.82) is 0 Å². The van der Waals surface area contributed by atoms with Crippen LogP contribution >= 0.6 is 0 Å². The summed E-state index contributed by atoms with van der Waals surface area (Å²) in [5, 5.41) is 8.62.